The van der Waals surface area contributed by atoms with Crippen molar-refractivity contribution in [3.05, 3.63) is 86.7 Å². The van der Waals surface area contributed by atoms with Gasteiger partial charge in [0.15, 0.2) is 0 Å². The van der Waals surface area contributed by atoms with Gasteiger partial charge in [-0.25, -0.2) is 9.48 Å². The Kier molecular flexibility index (Phi) is 5.68. The fourth-order valence-corrected chi connectivity index (χ4v) is 2.92. The van der Waals surface area contributed by atoms with Crippen molar-refractivity contribution in [3.63, 3.8) is 0 Å². The minimum atomic E-state index is -1.06. The van der Waals surface area contributed by atoms with Crippen LogP contribution in [0.5, 0.6) is 0 Å². The van der Waals surface area contributed by atoms with Crippen molar-refractivity contribution in [3.8, 4) is 11.3 Å². The van der Waals surface area contributed by atoms with Crippen molar-refractivity contribution in [2.24, 2.45) is 0 Å². The lowest BCUT2D eigenvalue weighted by atomic mass is 10.1. The number of carboxylic acid groups (broad SMARTS) is 1. The second-order valence-electron chi connectivity index (χ2n) is 6.22. The first-order valence-electron chi connectivity index (χ1n) is 8.81. The number of amides is 1. The SMILES string of the molecule is CCN(C(=O)O)c1cccc(Cn2nc(-c3cccc([N+](=O)[O-])c3)ccc2=O)c1. The Bertz CT molecular complexity index is 1130. The number of benzene rings is 2. The smallest absolute Gasteiger partial charge is 0.411 e. The van der Waals surface area contributed by atoms with Crippen LogP contribution >= 0.6 is 0 Å². The number of aromatic nitrogens is 2. The van der Waals surface area contributed by atoms with E-state index in [-0.39, 0.29) is 17.8 Å². The number of nitro groups is 1. The molecule has 9 heteroatoms. The number of hydrogen-bond acceptors (Lipinski definition) is 5. The molecule has 1 aromatic heterocycles. The summed E-state index contributed by atoms with van der Waals surface area (Å²) in [5, 5.41) is 24.6. The van der Waals surface area contributed by atoms with Crippen molar-refractivity contribution < 1.29 is 14.8 Å². The van der Waals surface area contributed by atoms with Gasteiger partial charge in [0.2, 0.25) is 0 Å². The molecule has 1 heterocycles. The van der Waals surface area contributed by atoms with Crippen molar-refractivity contribution in [2.45, 2.75) is 13.5 Å². The molecule has 1 N–H and O–H groups in total. The van der Waals surface area contributed by atoms with Crippen LogP contribution in [0.3, 0.4) is 0 Å². The van der Waals surface area contributed by atoms with Crippen LogP contribution < -0.4 is 10.5 Å². The predicted molar refractivity (Wildman–Crippen MR) is 107 cm³/mol. The van der Waals surface area contributed by atoms with Crippen LogP contribution in [0.15, 0.2) is 65.5 Å². The van der Waals surface area contributed by atoms with E-state index >= 15 is 0 Å². The molecule has 0 radical (unpaired) electrons. The lowest BCUT2D eigenvalue weighted by Crippen LogP contribution is -2.29. The summed E-state index contributed by atoms with van der Waals surface area (Å²) < 4.78 is 1.24. The third kappa shape index (κ3) is 4.46. The van der Waals surface area contributed by atoms with E-state index in [2.05, 4.69) is 5.10 Å². The predicted octanol–water partition coefficient (Wildman–Crippen LogP) is 3.37. The standard InChI is InChI=1S/C20H18N4O5/c1-2-22(20(26)27)16-7-3-5-14(11-16)13-23-19(25)10-9-18(21-23)15-6-4-8-17(12-15)24(28)29/h3-12H,2,13H2,1H3,(H,26,27). The highest BCUT2D eigenvalue weighted by atomic mass is 16.6. The summed E-state index contributed by atoms with van der Waals surface area (Å²) in [7, 11) is 0. The van der Waals surface area contributed by atoms with Crippen LogP contribution in [0.25, 0.3) is 11.3 Å². The zero-order chi connectivity index (χ0) is 21.0. The van der Waals surface area contributed by atoms with E-state index < -0.39 is 11.0 Å². The molecule has 0 aliphatic carbocycles. The first-order valence-corrected chi connectivity index (χ1v) is 8.81. The fourth-order valence-electron chi connectivity index (χ4n) is 2.92. The molecule has 29 heavy (non-hydrogen) atoms. The van der Waals surface area contributed by atoms with E-state index in [0.29, 0.717) is 29.1 Å². The van der Waals surface area contributed by atoms with Crippen LogP contribution in [0, 0.1) is 10.1 Å². The number of carbonyl (C=O) groups is 1. The van der Waals surface area contributed by atoms with Crippen molar-refractivity contribution in [2.75, 3.05) is 11.4 Å². The first kappa shape index (κ1) is 19.7. The van der Waals surface area contributed by atoms with Gasteiger partial charge < -0.3 is 5.11 Å². The second-order valence-corrected chi connectivity index (χ2v) is 6.22. The zero-order valence-electron chi connectivity index (χ0n) is 15.6. The van der Waals surface area contributed by atoms with Gasteiger partial charge in [0.25, 0.3) is 11.2 Å². The number of nitrogens with zero attached hydrogens (tertiary/aromatic N) is 4. The lowest BCUT2D eigenvalue weighted by Gasteiger charge is -2.18. The topological polar surface area (TPSA) is 119 Å². The minimum absolute atomic E-state index is 0.0666. The average Bonchev–Trinajstić information content (AvgIpc) is 2.70. The monoisotopic (exact) mass is 394 g/mol. The summed E-state index contributed by atoms with van der Waals surface area (Å²) in [6.45, 7) is 2.15. The highest BCUT2D eigenvalue weighted by Gasteiger charge is 2.13. The van der Waals surface area contributed by atoms with Gasteiger partial charge >= 0.3 is 6.09 Å². The van der Waals surface area contributed by atoms with Gasteiger partial charge in [0.05, 0.1) is 17.2 Å². The van der Waals surface area contributed by atoms with Crippen LogP contribution in [0.4, 0.5) is 16.2 Å². The molecule has 0 unspecified atom stereocenters. The highest BCUT2D eigenvalue weighted by Crippen LogP contribution is 2.22. The van der Waals surface area contributed by atoms with Crippen molar-refractivity contribution in [1.82, 2.24) is 9.78 Å². The number of hydrogen-bond donors (Lipinski definition) is 1. The van der Waals surface area contributed by atoms with Gasteiger partial charge in [0, 0.05) is 36.0 Å². The molecule has 9 nitrogen and oxygen atoms in total. The van der Waals surface area contributed by atoms with E-state index in [0.717, 1.165) is 0 Å². The van der Waals surface area contributed by atoms with Crippen LogP contribution in [0.1, 0.15) is 12.5 Å². The summed E-state index contributed by atoms with van der Waals surface area (Å²) in [6.07, 6.45) is -1.06. The van der Waals surface area contributed by atoms with E-state index in [1.165, 1.54) is 33.8 Å². The average molecular weight is 394 g/mol. The summed E-state index contributed by atoms with van der Waals surface area (Å²) in [5.41, 5.74) is 1.74. The Morgan fingerprint density at radius 3 is 2.62 bits per heavy atom. The molecule has 1 amide bonds. The molecule has 0 atom stereocenters. The molecule has 3 rings (SSSR count). The number of anilines is 1. The largest absolute Gasteiger partial charge is 0.465 e. The normalized spacial score (nSPS) is 10.5. The molecule has 3 aromatic rings. The Labute approximate surface area is 165 Å². The van der Waals surface area contributed by atoms with E-state index in [1.54, 1.807) is 43.3 Å². The number of rotatable bonds is 6. The quantitative estimate of drug-likeness (QED) is 0.506. The maximum absolute atomic E-state index is 12.3. The summed E-state index contributed by atoms with van der Waals surface area (Å²) in [4.78, 5) is 35.3. The van der Waals surface area contributed by atoms with E-state index in [4.69, 9.17) is 0 Å². The molecule has 0 spiro atoms. The summed E-state index contributed by atoms with van der Waals surface area (Å²) in [6, 6.07) is 15.7. The van der Waals surface area contributed by atoms with Gasteiger partial charge in [0.1, 0.15) is 0 Å². The zero-order valence-corrected chi connectivity index (χ0v) is 15.6. The lowest BCUT2D eigenvalue weighted by molar-refractivity contribution is -0.384. The van der Waals surface area contributed by atoms with Gasteiger partial charge in [-0.05, 0) is 30.7 Å². The summed E-state index contributed by atoms with van der Waals surface area (Å²) >= 11 is 0. The Morgan fingerprint density at radius 1 is 1.17 bits per heavy atom. The van der Waals surface area contributed by atoms with Gasteiger partial charge in [-0.3, -0.25) is 19.8 Å². The maximum Gasteiger partial charge on any atom is 0.411 e. The molecule has 148 valence electrons. The molecule has 0 bridgehead atoms. The van der Waals surface area contributed by atoms with Crippen LogP contribution in [0.2, 0.25) is 0 Å². The minimum Gasteiger partial charge on any atom is -0.465 e. The highest BCUT2D eigenvalue weighted by molar-refractivity contribution is 5.85. The van der Waals surface area contributed by atoms with Gasteiger partial charge in [-0.2, -0.15) is 5.10 Å². The Balaban J connectivity index is 1.94. The second kappa shape index (κ2) is 8.34. The molecule has 0 saturated heterocycles. The number of non-ortho nitro benzene ring substituents is 1. The third-order valence-electron chi connectivity index (χ3n) is 4.32. The van der Waals surface area contributed by atoms with E-state index in [9.17, 15) is 24.8 Å². The van der Waals surface area contributed by atoms with Crippen molar-refractivity contribution in [1.29, 1.82) is 0 Å². The van der Waals surface area contributed by atoms with Gasteiger partial charge in [-0.1, -0.05) is 24.3 Å². The summed E-state index contributed by atoms with van der Waals surface area (Å²) in [5.74, 6) is 0. The third-order valence-corrected chi connectivity index (χ3v) is 4.32. The molecule has 0 aliphatic rings. The fraction of sp³-hybridized carbons (Fsp3) is 0.150. The molecular weight excluding hydrogens is 376 g/mol. The maximum atomic E-state index is 12.3. The Hall–Kier alpha value is -4.01. The van der Waals surface area contributed by atoms with Crippen LogP contribution in [-0.4, -0.2) is 32.4 Å². The number of nitro benzene ring substituents is 1. The van der Waals surface area contributed by atoms with Gasteiger partial charge in [-0.15, -0.1) is 0 Å². The van der Waals surface area contributed by atoms with Crippen molar-refractivity contribution >= 4 is 17.5 Å². The Morgan fingerprint density at radius 2 is 1.93 bits per heavy atom. The molecule has 0 aliphatic heterocycles. The molecule has 0 fully saturated rings. The molecule has 2 aromatic carbocycles. The molecule has 0 saturated carbocycles. The van der Waals surface area contributed by atoms with Crippen LogP contribution in [-0.2, 0) is 6.54 Å². The molecular formula is C20H18N4O5. The van der Waals surface area contributed by atoms with E-state index in [1.807, 2.05) is 0 Å². The first-order chi connectivity index (χ1) is 13.9.